The number of carbonyl (C=O) groups excluding carboxylic acids is 1. The Hall–Kier alpha value is -1.82. The van der Waals surface area contributed by atoms with E-state index in [1.807, 2.05) is 38.2 Å². The van der Waals surface area contributed by atoms with Crippen molar-refractivity contribution in [1.82, 2.24) is 10.3 Å². The SMILES string of the molecule is CNCCC(=O)Nc1ccc(Oc2ccc(C)cc2)nc1.Cl.Cl. The topological polar surface area (TPSA) is 63.2 Å². The van der Waals surface area contributed by atoms with Crippen LogP contribution in [0.5, 0.6) is 11.6 Å². The molecular weight excluding hydrogens is 337 g/mol. The van der Waals surface area contributed by atoms with Crippen molar-refractivity contribution in [2.75, 3.05) is 18.9 Å². The molecule has 1 amide bonds. The minimum absolute atomic E-state index is 0. The summed E-state index contributed by atoms with van der Waals surface area (Å²) in [4.78, 5) is 15.7. The van der Waals surface area contributed by atoms with Crippen LogP contribution in [0.15, 0.2) is 42.6 Å². The highest BCUT2D eigenvalue weighted by Crippen LogP contribution is 2.20. The highest BCUT2D eigenvalue weighted by molar-refractivity contribution is 5.90. The number of aryl methyl sites for hydroxylation is 1. The average molecular weight is 358 g/mol. The lowest BCUT2D eigenvalue weighted by Crippen LogP contribution is -2.18. The van der Waals surface area contributed by atoms with Gasteiger partial charge < -0.3 is 15.4 Å². The van der Waals surface area contributed by atoms with Gasteiger partial charge in [-0.2, -0.15) is 0 Å². The molecule has 0 aliphatic rings. The lowest BCUT2D eigenvalue weighted by atomic mass is 10.2. The third-order valence-electron chi connectivity index (χ3n) is 2.87. The molecule has 23 heavy (non-hydrogen) atoms. The highest BCUT2D eigenvalue weighted by atomic mass is 35.5. The minimum atomic E-state index is -0.0432. The van der Waals surface area contributed by atoms with Gasteiger partial charge in [-0.15, -0.1) is 24.8 Å². The Morgan fingerprint density at radius 2 is 1.83 bits per heavy atom. The number of anilines is 1. The zero-order valence-corrected chi connectivity index (χ0v) is 14.7. The van der Waals surface area contributed by atoms with E-state index in [1.165, 1.54) is 5.56 Å². The van der Waals surface area contributed by atoms with Crippen LogP contribution in [0.1, 0.15) is 12.0 Å². The molecule has 0 bridgehead atoms. The summed E-state index contributed by atoms with van der Waals surface area (Å²) in [6.45, 7) is 2.67. The van der Waals surface area contributed by atoms with E-state index in [2.05, 4.69) is 15.6 Å². The van der Waals surface area contributed by atoms with Gasteiger partial charge in [-0.3, -0.25) is 4.79 Å². The van der Waals surface area contributed by atoms with Crippen molar-refractivity contribution >= 4 is 36.4 Å². The number of halogens is 2. The van der Waals surface area contributed by atoms with Crippen molar-refractivity contribution in [3.8, 4) is 11.6 Å². The summed E-state index contributed by atoms with van der Waals surface area (Å²) in [6.07, 6.45) is 2.01. The second-order valence-electron chi connectivity index (χ2n) is 4.70. The van der Waals surface area contributed by atoms with Crippen LogP contribution in [-0.4, -0.2) is 24.5 Å². The summed E-state index contributed by atoms with van der Waals surface area (Å²) in [7, 11) is 1.81. The maximum atomic E-state index is 11.6. The number of benzene rings is 1. The van der Waals surface area contributed by atoms with Crippen LogP contribution >= 0.6 is 24.8 Å². The molecule has 126 valence electrons. The molecule has 0 spiro atoms. The van der Waals surface area contributed by atoms with E-state index in [0.717, 1.165) is 5.75 Å². The summed E-state index contributed by atoms with van der Waals surface area (Å²) in [5.41, 5.74) is 1.84. The van der Waals surface area contributed by atoms with Crippen LogP contribution in [0.25, 0.3) is 0 Å². The van der Waals surface area contributed by atoms with Crippen LogP contribution in [0.4, 0.5) is 5.69 Å². The smallest absolute Gasteiger partial charge is 0.225 e. The first-order valence-corrected chi connectivity index (χ1v) is 6.82. The van der Waals surface area contributed by atoms with Gasteiger partial charge in [0, 0.05) is 19.0 Å². The van der Waals surface area contributed by atoms with Crippen molar-refractivity contribution in [2.24, 2.45) is 0 Å². The Morgan fingerprint density at radius 3 is 2.39 bits per heavy atom. The van der Waals surface area contributed by atoms with Gasteiger partial charge in [-0.25, -0.2) is 4.98 Å². The zero-order valence-electron chi connectivity index (χ0n) is 13.0. The predicted molar refractivity (Wildman–Crippen MR) is 97.2 cm³/mol. The van der Waals surface area contributed by atoms with Gasteiger partial charge in [-0.05, 0) is 32.2 Å². The maximum Gasteiger partial charge on any atom is 0.225 e. The molecule has 0 atom stereocenters. The van der Waals surface area contributed by atoms with Gasteiger partial charge in [0.2, 0.25) is 11.8 Å². The molecule has 2 rings (SSSR count). The van der Waals surface area contributed by atoms with Crippen LogP contribution in [0.2, 0.25) is 0 Å². The molecule has 2 N–H and O–H groups in total. The molecule has 1 aromatic heterocycles. The number of hydrogen-bond donors (Lipinski definition) is 2. The van der Waals surface area contributed by atoms with Gasteiger partial charge >= 0.3 is 0 Å². The number of ether oxygens (including phenoxy) is 1. The molecule has 0 unspecified atom stereocenters. The van der Waals surface area contributed by atoms with Crippen LogP contribution < -0.4 is 15.4 Å². The Bertz CT molecular complexity index is 589. The molecule has 0 fully saturated rings. The maximum absolute atomic E-state index is 11.6. The molecule has 0 aliphatic carbocycles. The summed E-state index contributed by atoms with van der Waals surface area (Å²) < 4.78 is 5.62. The van der Waals surface area contributed by atoms with Crippen molar-refractivity contribution in [1.29, 1.82) is 0 Å². The lowest BCUT2D eigenvalue weighted by molar-refractivity contribution is -0.116. The Morgan fingerprint density at radius 1 is 1.13 bits per heavy atom. The van der Waals surface area contributed by atoms with E-state index < -0.39 is 0 Å². The summed E-state index contributed by atoms with van der Waals surface area (Å²) in [6, 6.07) is 11.2. The van der Waals surface area contributed by atoms with Crippen molar-refractivity contribution in [3.05, 3.63) is 48.2 Å². The number of nitrogens with zero attached hydrogens (tertiary/aromatic N) is 1. The van der Waals surface area contributed by atoms with Gasteiger partial charge in [-0.1, -0.05) is 17.7 Å². The van der Waals surface area contributed by atoms with Crippen LogP contribution in [0, 0.1) is 6.92 Å². The predicted octanol–water partition coefficient (Wildman–Crippen LogP) is 3.57. The number of nitrogens with one attached hydrogen (secondary N) is 2. The van der Waals surface area contributed by atoms with E-state index in [9.17, 15) is 4.79 Å². The monoisotopic (exact) mass is 357 g/mol. The first kappa shape index (κ1) is 21.2. The summed E-state index contributed by atoms with van der Waals surface area (Å²) in [5.74, 6) is 1.18. The largest absolute Gasteiger partial charge is 0.439 e. The number of hydrogen-bond acceptors (Lipinski definition) is 4. The molecule has 7 heteroatoms. The minimum Gasteiger partial charge on any atom is -0.439 e. The molecule has 1 aromatic carbocycles. The third kappa shape index (κ3) is 7.32. The number of rotatable bonds is 6. The Labute approximate surface area is 148 Å². The molecule has 0 saturated heterocycles. The lowest BCUT2D eigenvalue weighted by Gasteiger charge is -2.07. The zero-order chi connectivity index (χ0) is 15.1. The summed E-state index contributed by atoms with van der Waals surface area (Å²) >= 11 is 0. The van der Waals surface area contributed by atoms with E-state index in [1.54, 1.807) is 18.3 Å². The first-order valence-electron chi connectivity index (χ1n) is 6.82. The van der Waals surface area contributed by atoms with E-state index in [0.29, 0.717) is 24.5 Å². The summed E-state index contributed by atoms with van der Waals surface area (Å²) in [5, 5.41) is 5.71. The fourth-order valence-electron chi connectivity index (χ4n) is 1.70. The molecular formula is C16H21Cl2N3O2. The molecule has 0 aliphatic heterocycles. The Balaban J connectivity index is 0.00000242. The van der Waals surface area contributed by atoms with Gasteiger partial charge in [0.05, 0.1) is 11.9 Å². The van der Waals surface area contributed by atoms with Gasteiger partial charge in [0.25, 0.3) is 0 Å². The molecule has 2 aromatic rings. The van der Waals surface area contributed by atoms with Crippen molar-refractivity contribution in [3.63, 3.8) is 0 Å². The molecule has 0 saturated carbocycles. The fraction of sp³-hybridized carbons (Fsp3) is 0.250. The second-order valence-corrected chi connectivity index (χ2v) is 4.70. The van der Waals surface area contributed by atoms with Crippen molar-refractivity contribution in [2.45, 2.75) is 13.3 Å². The van der Waals surface area contributed by atoms with E-state index >= 15 is 0 Å². The second kappa shape index (κ2) is 10.8. The number of amides is 1. The quantitative estimate of drug-likeness (QED) is 0.829. The first-order chi connectivity index (χ1) is 10.2. The fourth-order valence-corrected chi connectivity index (χ4v) is 1.70. The highest BCUT2D eigenvalue weighted by Gasteiger charge is 2.03. The molecule has 5 nitrogen and oxygen atoms in total. The average Bonchev–Trinajstić information content (AvgIpc) is 2.49. The van der Waals surface area contributed by atoms with Crippen molar-refractivity contribution < 1.29 is 9.53 Å². The van der Waals surface area contributed by atoms with Crippen LogP contribution in [0.3, 0.4) is 0 Å². The third-order valence-corrected chi connectivity index (χ3v) is 2.87. The normalized spacial score (nSPS) is 9.30. The van der Waals surface area contributed by atoms with Gasteiger partial charge in [0.15, 0.2) is 0 Å². The Kier molecular flexibility index (Phi) is 9.97. The number of aromatic nitrogens is 1. The van der Waals surface area contributed by atoms with Gasteiger partial charge in [0.1, 0.15) is 5.75 Å². The molecule has 0 radical (unpaired) electrons. The standard InChI is InChI=1S/C16H19N3O2.2ClH/c1-12-3-6-14(7-4-12)21-16-8-5-13(11-18-16)19-15(20)9-10-17-2;;/h3-8,11,17H,9-10H2,1-2H3,(H,19,20);2*1H. The van der Waals surface area contributed by atoms with E-state index in [4.69, 9.17) is 4.74 Å². The molecule has 1 heterocycles. The number of pyridine rings is 1. The van der Waals surface area contributed by atoms with E-state index in [-0.39, 0.29) is 30.7 Å². The van der Waals surface area contributed by atoms with Crippen LogP contribution in [-0.2, 0) is 4.79 Å². The number of carbonyl (C=O) groups is 1.